The first-order valence-corrected chi connectivity index (χ1v) is 11.7. The van der Waals surface area contributed by atoms with Gasteiger partial charge in [0.15, 0.2) is 17.0 Å². The van der Waals surface area contributed by atoms with Crippen LogP contribution in [0.25, 0.3) is 0 Å². The third-order valence-corrected chi connectivity index (χ3v) is 6.60. The Morgan fingerprint density at radius 1 is 1.09 bits per heavy atom. The Morgan fingerprint density at radius 3 is 2.54 bits per heavy atom. The highest BCUT2D eigenvalue weighted by Crippen LogP contribution is 2.52. The second kappa shape index (κ2) is 9.38. The van der Waals surface area contributed by atoms with Gasteiger partial charge in [0, 0.05) is 46.6 Å². The van der Waals surface area contributed by atoms with E-state index in [1.165, 1.54) is 18.3 Å². The summed E-state index contributed by atoms with van der Waals surface area (Å²) in [6.07, 6.45) is 2.89. The Kier molecular flexibility index (Phi) is 6.28. The van der Waals surface area contributed by atoms with Crippen LogP contribution in [-0.2, 0) is 15.0 Å². The van der Waals surface area contributed by atoms with Crippen LogP contribution in [0.4, 0.5) is 8.78 Å². The zero-order valence-electron chi connectivity index (χ0n) is 18.4. The Bertz CT molecular complexity index is 1280. The van der Waals surface area contributed by atoms with Crippen LogP contribution >= 0.6 is 15.9 Å². The van der Waals surface area contributed by atoms with Crippen LogP contribution in [0, 0.1) is 11.9 Å². The van der Waals surface area contributed by atoms with E-state index in [1.807, 2.05) is 18.2 Å². The van der Waals surface area contributed by atoms with Crippen molar-refractivity contribution in [3.63, 3.8) is 0 Å². The molecular weight excluding hydrogens is 526 g/mol. The van der Waals surface area contributed by atoms with Gasteiger partial charge in [0.1, 0.15) is 12.4 Å². The maximum absolute atomic E-state index is 15.0. The molecule has 1 saturated heterocycles. The quantitative estimate of drug-likeness (QED) is 0.432. The van der Waals surface area contributed by atoms with E-state index in [-0.39, 0.29) is 24.3 Å². The number of hydrogen-bond acceptors (Lipinski definition) is 8. The predicted octanol–water partition coefficient (Wildman–Crippen LogP) is 4.50. The molecule has 1 spiro atoms. The van der Waals surface area contributed by atoms with E-state index in [1.54, 1.807) is 6.07 Å². The van der Waals surface area contributed by atoms with Crippen molar-refractivity contribution in [1.29, 1.82) is 0 Å². The van der Waals surface area contributed by atoms with Gasteiger partial charge in [-0.25, -0.2) is 15.0 Å². The van der Waals surface area contributed by atoms with Gasteiger partial charge in [-0.05, 0) is 49.2 Å². The fraction of sp³-hybridized carbons (Fsp3) is 0.292. The van der Waals surface area contributed by atoms with E-state index in [4.69, 9.17) is 25.1 Å². The zero-order chi connectivity index (χ0) is 24.6. The molecule has 35 heavy (non-hydrogen) atoms. The molecule has 3 N–H and O–H groups in total. The van der Waals surface area contributed by atoms with Crippen LogP contribution in [0.1, 0.15) is 35.6 Å². The maximum atomic E-state index is 15.0. The van der Waals surface area contributed by atoms with Gasteiger partial charge in [-0.3, -0.25) is 0 Å². The lowest BCUT2D eigenvalue weighted by atomic mass is 9.80. The summed E-state index contributed by atoms with van der Waals surface area (Å²) in [6.45, 7) is 1.49. The van der Waals surface area contributed by atoms with Crippen molar-refractivity contribution >= 4 is 22.0 Å². The molecule has 1 aromatic carbocycles. The number of aromatic hydroxyl groups is 1. The van der Waals surface area contributed by atoms with Gasteiger partial charge < -0.3 is 25.1 Å². The fourth-order valence-electron chi connectivity index (χ4n) is 4.38. The molecule has 0 saturated carbocycles. The number of amidine groups is 1. The molecule has 8 nitrogen and oxygen atoms in total. The van der Waals surface area contributed by atoms with E-state index < -0.39 is 23.2 Å². The van der Waals surface area contributed by atoms with E-state index >= 15 is 0 Å². The minimum atomic E-state index is -0.944. The molecule has 2 aromatic heterocycles. The number of rotatable bonds is 1. The molecule has 1 atom stereocenters. The fourth-order valence-corrected chi connectivity index (χ4v) is 4.74. The SMILES string of the molecule is NC1=NC2(CO1)c1cc(Br)ccc1Oc1c2cc(C2CCOCC2)nc1F.Oc1cccnc1F. The monoisotopic (exact) mass is 546 g/mol. The summed E-state index contributed by atoms with van der Waals surface area (Å²) in [6, 6.07) is 10.2. The molecule has 5 heterocycles. The second-order valence-electron chi connectivity index (χ2n) is 8.26. The number of benzene rings is 1. The lowest BCUT2D eigenvalue weighted by Crippen LogP contribution is -2.32. The van der Waals surface area contributed by atoms with Crippen LogP contribution in [0.3, 0.4) is 0 Å². The molecule has 0 amide bonds. The number of aliphatic imine (C=N–C) groups is 1. The highest BCUT2D eigenvalue weighted by atomic mass is 79.9. The normalized spacial score (nSPS) is 20.6. The summed E-state index contributed by atoms with van der Waals surface area (Å²) < 4.78 is 44.6. The first-order valence-electron chi connectivity index (χ1n) is 10.9. The molecule has 3 aromatic rings. The van der Waals surface area contributed by atoms with Gasteiger partial charge in [0.05, 0.1) is 0 Å². The molecular formula is C24H21BrF2N4O4. The molecule has 1 unspecified atom stereocenters. The van der Waals surface area contributed by atoms with Crippen LogP contribution in [0.2, 0.25) is 0 Å². The van der Waals surface area contributed by atoms with E-state index in [0.29, 0.717) is 30.2 Å². The molecule has 1 fully saturated rings. The highest BCUT2D eigenvalue weighted by Gasteiger charge is 2.48. The number of fused-ring (bicyclic) bond motifs is 4. The van der Waals surface area contributed by atoms with Gasteiger partial charge in [0.2, 0.25) is 0 Å². The van der Waals surface area contributed by atoms with E-state index in [9.17, 15) is 8.78 Å². The van der Waals surface area contributed by atoms with Gasteiger partial charge in [-0.15, -0.1) is 0 Å². The molecule has 11 heteroatoms. The smallest absolute Gasteiger partial charge is 0.283 e. The van der Waals surface area contributed by atoms with Crippen molar-refractivity contribution in [3.8, 4) is 17.2 Å². The van der Waals surface area contributed by atoms with Gasteiger partial charge in [-0.2, -0.15) is 8.78 Å². The number of pyridine rings is 2. The molecule has 0 bridgehead atoms. The summed E-state index contributed by atoms with van der Waals surface area (Å²) in [4.78, 5) is 11.9. The Balaban J connectivity index is 0.000000271. The third kappa shape index (κ3) is 4.41. The first-order chi connectivity index (χ1) is 16.9. The number of hydrogen-bond donors (Lipinski definition) is 2. The average molecular weight is 547 g/mol. The van der Waals surface area contributed by atoms with Crippen LogP contribution in [0.5, 0.6) is 17.2 Å². The molecule has 3 aliphatic heterocycles. The standard InChI is InChI=1S/C19H17BrFN3O3.C5H4FNO/c20-11-1-2-15-12(7-11)19(9-26-18(22)24-19)13-8-14(10-3-5-25-6-4-10)23-17(21)16(13)27-15;6-5-4(8)2-1-3-7-5/h1-2,7-8,10H,3-6,9H2,(H2,22,24);1-3,8H. The number of aromatic nitrogens is 2. The number of ether oxygens (including phenoxy) is 3. The largest absolute Gasteiger partial charge is 0.504 e. The molecule has 0 radical (unpaired) electrons. The van der Waals surface area contributed by atoms with Gasteiger partial charge >= 0.3 is 0 Å². The van der Waals surface area contributed by atoms with Gasteiger partial charge in [0.25, 0.3) is 17.9 Å². The minimum Gasteiger partial charge on any atom is -0.504 e. The molecule has 182 valence electrons. The van der Waals surface area contributed by atoms with E-state index in [0.717, 1.165) is 22.9 Å². The Labute approximate surface area is 207 Å². The maximum Gasteiger partial charge on any atom is 0.283 e. The summed E-state index contributed by atoms with van der Waals surface area (Å²) in [5.41, 5.74) is 6.99. The first kappa shape index (κ1) is 23.4. The lowest BCUT2D eigenvalue weighted by molar-refractivity contribution is 0.0842. The van der Waals surface area contributed by atoms with Crippen molar-refractivity contribution in [2.45, 2.75) is 24.3 Å². The summed E-state index contributed by atoms with van der Waals surface area (Å²) in [5, 5.41) is 8.48. The Hall–Kier alpha value is -3.31. The number of halogens is 3. The Morgan fingerprint density at radius 2 is 1.89 bits per heavy atom. The van der Waals surface area contributed by atoms with Crippen molar-refractivity contribution in [1.82, 2.24) is 9.97 Å². The highest BCUT2D eigenvalue weighted by molar-refractivity contribution is 9.10. The lowest BCUT2D eigenvalue weighted by Gasteiger charge is -2.34. The molecule has 0 aliphatic carbocycles. The van der Waals surface area contributed by atoms with Crippen LogP contribution in [0.15, 0.2) is 52.1 Å². The number of nitrogens with zero attached hydrogens (tertiary/aromatic N) is 3. The van der Waals surface area contributed by atoms with Crippen LogP contribution < -0.4 is 10.5 Å². The predicted molar refractivity (Wildman–Crippen MR) is 125 cm³/mol. The van der Waals surface area contributed by atoms with Crippen molar-refractivity contribution in [3.05, 3.63) is 75.8 Å². The second-order valence-corrected chi connectivity index (χ2v) is 9.17. The third-order valence-electron chi connectivity index (χ3n) is 6.11. The van der Waals surface area contributed by atoms with Crippen molar-refractivity contribution < 1.29 is 28.1 Å². The van der Waals surface area contributed by atoms with Crippen molar-refractivity contribution in [2.75, 3.05) is 19.8 Å². The molecule has 6 rings (SSSR count). The van der Waals surface area contributed by atoms with Crippen molar-refractivity contribution in [2.24, 2.45) is 10.7 Å². The topological polar surface area (TPSA) is 112 Å². The van der Waals surface area contributed by atoms with Crippen LogP contribution in [-0.4, -0.2) is 40.9 Å². The van der Waals surface area contributed by atoms with E-state index in [2.05, 4.69) is 30.9 Å². The summed E-state index contributed by atoms with van der Waals surface area (Å²) in [5.74, 6) is -1.12. The number of nitrogens with two attached hydrogens (primary N) is 1. The zero-order valence-corrected chi connectivity index (χ0v) is 20.0. The van der Waals surface area contributed by atoms with Gasteiger partial charge in [-0.1, -0.05) is 15.9 Å². The average Bonchev–Trinajstić information content (AvgIpc) is 3.25. The minimum absolute atomic E-state index is 0.0820. The molecule has 3 aliphatic rings. The summed E-state index contributed by atoms with van der Waals surface area (Å²) >= 11 is 3.49. The summed E-state index contributed by atoms with van der Waals surface area (Å²) in [7, 11) is 0.